The van der Waals surface area contributed by atoms with Crippen molar-refractivity contribution >= 4 is 23.4 Å². The number of esters is 1. The highest BCUT2D eigenvalue weighted by Gasteiger charge is 2.10. The minimum Gasteiger partial charge on any atom is -0.465 e. The quantitative estimate of drug-likeness (QED) is 0.771. The Morgan fingerprint density at radius 2 is 2.50 bits per heavy atom. The van der Waals surface area contributed by atoms with Gasteiger partial charge in [0.15, 0.2) is 0 Å². The highest BCUT2D eigenvalue weighted by atomic mass is 32.1. The molecule has 0 spiro atoms. The Hall–Kier alpha value is -1.13. The van der Waals surface area contributed by atoms with Crippen LogP contribution in [0.2, 0.25) is 0 Å². The fraction of sp³-hybridized carbons (Fsp3) is 0.300. The summed E-state index contributed by atoms with van der Waals surface area (Å²) in [4.78, 5) is 11.9. The van der Waals surface area contributed by atoms with E-state index in [2.05, 4.69) is 10.1 Å². The van der Waals surface area contributed by atoms with Gasteiger partial charge >= 0.3 is 5.97 Å². The molecule has 1 N–H and O–H groups in total. The van der Waals surface area contributed by atoms with E-state index in [-0.39, 0.29) is 5.97 Å². The fourth-order valence-corrected chi connectivity index (χ4v) is 1.82. The summed E-state index contributed by atoms with van der Waals surface area (Å²) in [6, 6.07) is 1.91. The first-order chi connectivity index (χ1) is 6.79. The second-order valence-corrected chi connectivity index (χ2v) is 3.57. The second kappa shape index (κ2) is 5.57. The van der Waals surface area contributed by atoms with Gasteiger partial charge in [-0.3, -0.25) is 0 Å². The van der Waals surface area contributed by atoms with Crippen LogP contribution in [0.3, 0.4) is 0 Å². The second-order valence-electron chi connectivity index (χ2n) is 2.66. The molecule has 0 bridgehead atoms. The Balaban J connectivity index is 2.77. The zero-order chi connectivity index (χ0) is 10.4. The molecule has 0 amide bonds. The summed E-state index contributed by atoms with van der Waals surface area (Å²) in [5.41, 5.74) is 0.914. The number of carbonyl (C=O) groups is 1. The molecule has 76 valence electrons. The van der Waals surface area contributed by atoms with Crippen LogP contribution in [0.4, 0.5) is 0 Å². The van der Waals surface area contributed by atoms with Crippen LogP contribution >= 0.6 is 11.3 Å². The molecule has 1 aromatic rings. The monoisotopic (exact) mass is 211 g/mol. The van der Waals surface area contributed by atoms with Gasteiger partial charge in [-0.05, 0) is 24.1 Å². The van der Waals surface area contributed by atoms with Gasteiger partial charge < -0.3 is 10.1 Å². The zero-order valence-corrected chi connectivity index (χ0v) is 9.06. The van der Waals surface area contributed by atoms with E-state index in [9.17, 15) is 4.79 Å². The van der Waals surface area contributed by atoms with Gasteiger partial charge in [0.2, 0.25) is 0 Å². The summed E-state index contributed by atoms with van der Waals surface area (Å²) < 4.78 is 4.66. The maximum Gasteiger partial charge on any atom is 0.348 e. The lowest BCUT2D eigenvalue weighted by molar-refractivity contribution is 0.0606. The van der Waals surface area contributed by atoms with Gasteiger partial charge in [0.05, 0.1) is 7.11 Å². The first kappa shape index (κ1) is 10.9. The van der Waals surface area contributed by atoms with E-state index in [0.29, 0.717) is 4.88 Å². The molecule has 1 rings (SSSR count). The molecule has 0 radical (unpaired) electrons. The molecule has 0 saturated heterocycles. The van der Waals surface area contributed by atoms with Crippen LogP contribution in [0.25, 0.3) is 6.08 Å². The number of nitrogens with one attached hydrogen (secondary N) is 1. The number of thiophene rings is 1. The van der Waals surface area contributed by atoms with Crippen molar-refractivity contribution in [1.29, 1.82) is 0 Å². The first-order valence-corrected chi connectivity index (χ1v) is 5.14. The molecule has 0 aromatic carbocycles. The summed E-state index contributed by atoms with van der Waals surface area (Å²) in [5.74, 6) is -0.274. The van der Waals surface area contributed by atoms with E-state index >= 15 is 0 Å². The molecule has 0 aliphatic carbocycles. The number of methoxy groups -OCH3 is 1. The maximum absolute atomic E-state index is 11.3. The van der Waals surface area contributed by atoms with Gasteiger partial charge in [0.1, 0.15) is 4.88 Å². The highest BCUT2D eigenvalue weighted by Crippen LogP contribution is 2.18. The predicted molar refractivity (Wildman–Crippen MR) is 58.6 cm³/mol. The van der Waals surface area contributed by atoms with Crippen molar-refractivity contribution in [3.8, 4) is 0 Å². The summed E-state index contributed by atoms with van der Waals surface area (Å²) >= 11 is 1.39. The van der Waals surface area contributed by atoms with Crippen LogP contribution in [0, 0.1) is 0 Å². The zero-order valence-electron chi connectivity index (χ0n) is 8.24. The lowest BCUT2D eigenvalue weighted by Crippen LogP contribution is -2.04. The van der Waals surface area contributed by atoms with Crippen LogP contribution < -0.4 is 5.32 Å². The van der Waals surface area contributed by atoms with Gasteiger partial charge in [0.25, 0.3) is 0 Å². The largest absolute Gasteiger partial charge is 0.465 e. The molecule has 1 aromatic heterocycles. The van der Waals surface area contributed by atoms with Gasteiger partial charge in [-0.25, -0.2) is 4.79 Å². The maximum atomic E-state index is 11.3. The van der Waals surface area contributed by atoms with Crippen molar-refractivity contribution in [2.45, 2.75) is 0 Å². The SMILES string of the molecule is CNCC=Cc1ccsc1C(=O)OC. The molecular weight excluding hydrogens is 198 g/mol. The molecule has 0 atom stereocenters. The molecule has 1 heterocycles. The van der Waals surface area contributed by atoms with E-state index in [4.69, 9.17) is 0 Å². The van der Waals surface area contributed by atoms with E-state index in [1.54, 1.807) is 0 Å². The van der Waals surface area contributed by atoms with E-state index in [1.165, 1.54) is 18.4 Å². The molecule has 14 heavy (non-hydrogen) atoms. The predicted octanol–water partition coefficient (Wildman–Crippen LogP) is 1.77. The minimum atomic E-state index is -0.274. The average molecular weight is 211 g/mol. The Labute approximate surface area is 87.4 Å². The summed E-state index contributed by atoms with van der Waals surface area (Å²) in [6.45, 7) is 0.788. The lowest BCUT2D eigenvalue weighted by Gasteiger charge is -1.96. The smallest absolute Gasteiger partial charge is 0.348 e. The van der Waals surface area contributed by atoms with Crippen molar-refractivity contribution in [3.05, 3.63) is 28.0 Å². The van der Waals surface area contributed by atoms with E-state index in [1.807, 2.05) is 30.6 Å². The summed E-state index contributed by atoms with van der Waals surface area (Å²) in [6.07, 6.45) is 3.88. The average Bonchev–Trinajstić information content (AvgIpc) is 2.65. The van der Waals surface area contributed by atoms with Crippen molar-refractivity contribution in [2.75, 3.05) is 20.7 Å². The summed E-state index contributed by atoms with van der Waals surface area (Å²) in [7, 11) is 3.27. The molecular formula is C10H13NO2S. The van der Waals surface area contributed by atoms with E-state index < -0.39 is 0 Å². The lowest BCUT2D eigenvalue weighted by atomic mass is 10.2. The molecule has 0 saturated carbocycles. The Kier molecular flexibility index (Phi) is 4.35. The third kappa shape index (κ3) is 2.68. The molecule has 0 aliphatic heterocycles. The topological polar surface area (TPSA) is 38.3 Å². The Morgan fingerprint density at radius 3 is 3.14 bits per heavy atom. The van der Waals surface area contributed by atoms with Crippen LogP contribution in [-0.4, -0.2) is 26.7 Å². The van der Waals surface area contributed by atoms with Crippen molar-refractivity contribution < 1.29 is 9.53 Å². The highest BCUT2D eigenvalue weighted by molar-refractivity contribution is 7.12. The number of hydrogen-bond donors (Lipinski definition) is 1. The van der Waals surface area contributed by atoms with Crippen molar-refractivity contribution in [3.63, 3.8) is 0 Å². The number of ether oxygens (including phenoxy) is 1. The van der Waals surface area contributed by atoms with Gasteiger partial charge in [-0.2, -0.15) is 0 Å². The van der Waals surface area contributed by atoms with Crippen LogP contribution in [0.15, 0.2) is 17.5 Å². The van der Waals surface area contributed by atoms with Gasteiger partial charge in [-0.1, -0.05) is 12.2 Å². The number of rotatable bonds is 4. The molecule has 4 heteroatoms. The molecule has 0 aliphatic rings. The standard InChI is InChI=1S/C10H13NO2S/c1-11-6-3-4-8-5-7-14-9(8)10(12)13-2/h3-5,7,11H,6H2,1-2H3. The van der Waals surface area contributed by atoms with Gasteiger partial charge in [0, 0.05) is 6.54 Å². The van der Waals surface area contributed by atoms with Crippen LogP contribution in [0.1, 0.15) is 15.2 Å². The van der Waals surface area contributed by atoms with Crippen LogP contribution in [-0.2, 0) is 4.74 Å². The number of hydrogen-bond acceptors (Lipinski definition) is 4. The van der Waals surface area contributed by atoms with Gasteiger partial charge in [-0.15, -0.1) is 11.3 Å². The Bertz CT molecular complexity index is 331. The fourth-order valence-electron chi connectivity index (χ4n) is 1.01. The third-order valence-corrected chi connectivity index (χ3v) is 2.60. The third-order valence-electron chi connectivity index (χ3n) is 1.69. The molecule has 0 unspecified atom stereocenters. The molecule has 0 fully saturated rings. The normalized spacial score (nSPS) is 10.7. The van der Waals surface area contributed by atoms with E-state index in [0.717, 1.165) is 12.1 Å². The number of carbonyl (C=O) groups excluding carboxylic acids is 1. The van der Waals surface area contributed by atoms with Crippen molar-refractivity contribution in [2.24, 2.45) is 0 Å². The van der Waals surface area contributed by atoms with Crippen molar-refractivity contribution in [1.82, 2.24) is 5.32 Å². The number of likely N-dealkylation sites (N-methyl/N-ethyl adjacent to an activating group) is 1. The first-order valence-electron chi connectivity index (χ1n) is 4.26. The molecule has 3 nitrogen and oxygen atoms in total. The van der Waals surface area contributed by atoms with Crippen LogP contribution in [0.5, 0.6) is 0 Å². The Morgan fingerprint density at radius 1 is 1.71 bits per heavy atom. The minimum absolute atomic E-state index is 0.274. The summed E-state index contributed by atoms with van der Waals surface area (Å²) in [5, 5.41) is 4.87.